The second-order valence-corrected chi connectivity index (χ2v) is 7.75. The lowest BCUT2D eigenvalue weighted by molar-refractivity contribution is 0.294. The monoisotopic (exact) mass is 348 g/mol. The van der Waals surface area contributed by atoms with E-state index < -0.39 is 0 Å². The Hall–Kier alpha value is -1.74. The van der Waals surface area contributed by atoms with Crippen molar-refractivity contribution in [2.45, 2.75) is 78.1 Å². The SMILES string of the molecule is CCCCCc1ccc(/C=C/C#C/C=C/[C@H]2CC[C@H](CCC)CC2)cc1. The zero-order valence-corrected chi connectivity index (χ0v) is 16.8. The maximum Gasteiger partial charge on any atom is -0.0109 e. The van der Waals surface area contributed by atoms with Crippen molar-refractivity contribution in [2.24, 2.45) is 11.8 Å². The van der Waals surface area contributed by atoms with Crippen LogP contribution in [0.4, 0.5) is 0 Å². The lowest BCUT2D eigenvalue weighted by Gasteiger charge is -2.26. The van der Waals surface area contributed by atoms with Crippen LogP contribution >= 0.6 is 0 Å². The van der Waals surface area contributed by atoms with Gasteiger partial charge in [0, 0.05) is 0 Å². The van der Waals surface area contributed by atoms with Crippen molar-refractivity contribution < 1.29 is 0 Å². The van der Waals surface area contributed by atoms with Gasteiger partial charge in [0.1, 0.15) is 0 Å². The summed E-state index contributed by atoms with van der Waals surface area (Å²) in [5, 5.41) is 0. The van der Waals surface area contributed by atoms with Crippen molar-refractivity contribution in [3.63, 3.8) is 0 Å². The molecule has 0 saturated heterocycles. The second-order valence-electron chi connectivity index (χ2n) is 7.75. The summed E-state index contributed by atoms with van der Waals surface area (Å²) in [6.07, 6.45) is 21.8. The Morgan fingerprint density at radius 1 is 0.885 bits per heavy atom. The van der Waals surface area contributed by atoms with E-state index in [1.165, 1.54) is 75.3 Å². The topological polar surface area (TPSA) is 0 Å². The van der Waals surface area contributed by atoms with Gasteiger partial charge in [0.2, 0.25) is 0 Å². The maximum absolute atomic E-state index is 3.17. The molecule has 0 unspecified atom stereocenters. The Morgan fingerprint density at radius 2 is 1.62 bits per heavy atom. The molecule has 1 aliphatic rings. The molecule has 1 fully saturated rings. The van der Waals surface area contributed by atoms with Gasteiger partial charge >= 0.3 is 0 Å². The molecule has 0 nitrogen and oxygen atoms in total. The minimum atomic E-state index is 0.752. The molecule has 0 aliphatic heterocycles. The third-order valence-corrected chi connectivity index (χ3v) is 5.53. The summed E-state index contributed by atoms with van der Waals surface area (Å²) in [5.74, 6) is 8.04. The third-order valence-electron chi connectivity index (χ3n) is 5.53. The van der Waals surface area contributed by atoms with E-state index in [-0.39, 0.29) is 0 Å². The first kappa shape index (κ1) is 20.6. The lowest BCUT2D eigenvalue weighted by Crippen LogP contribution is -2.12. The molecule has 0 bridgehead atoms. The van der Waals surface area contributed by atoms with E-state index in [1.807, 2.05) is 6.08 Å². The molecule has 26 heavy (non-hydrogen) atoms. The van der Waals surface area contributed by atoms with Crippen LogP contribution in [0.2, 0.25) is 0 Å². The Balaban J connectivity index is 1.70. The molecule has 1 aromatic rings. The summed E-state index contributed by atoms with van der Waals surface area (Å²) in [5.41, 5.74) is 2.68. The summed E-state index contributed by atoms with van der Waals surface area (Å²) < 4.78 is 0. The van der Waals surface area contributed by atoms with Gasteiger partial charge in [0.05, 0.1) is 0 Å². The summed E-state index contributed by atoms with van der Waals surface area (Å²) >= 11 is 0. The fourth-order valence-electron chi connectivity index (χ4n) is 3.87. The van der Waals surface area contributed by atoms with Crippen LogP contribution in [0.25, 0.3) is 6.08 Å². The van der Waals surface area contributed by atoms with E-state index >= 15 is 0 Å². The number of benzene rings is 1. The Kier molecular flexibility index (Phi) is 9.96. The standard InChI is InChI=1S/C26H36/c1-3-5-8-12-24-19-21-26(22-20-24)14-10-7-6-9-13-25-17-15-23(11-4-2)16-18-25/h9-10,13-14,19-23,25H,3-5,8,11-12,15-18H2,1-2H3/b13-9+,14-10+/t23-,25-. The molecule has 0 heteroatoms. The summed E-state index contributed by atoms with van der Waals surface area (Å²) in [6, 6.07) is 8.89. The molecule has 0 radical (unpaired) electrons. The minimum absolute atomic E-state index is 0.752. The summed E-state index contributed by atoms with van der Waals surface area (Å²) in [6.45, 7) is 4.55. The zero-order chi connectivity index (χ0) is 18.5. The highest BCUT2D eigenvalue weighted by molar-refractivity contribution is 5.53. The van der Waals surface area contributed by atoms with E-state index in [1.54, 1.807) is 0 Å². The van der Waals surface area contributed by atoms with Gasteiger partial charge in [-0.25, -0.2) is 0 Å². The Bertz CT molecular complexity index is 598. The summed E-state index contributed by atoms with van der Waals surface area (Å²) in [4.78, 5) is 0. The average molecular weight is 349 g/mol. The molecule has 0 spiro atoms. The first-order chi connectivity index (χ1) is 12.8. The first-order valence-corrected chi connectivity index (χ1v) is 10.7. The molecular formula is C26H36. The fraction of sp³-hybridized carbons (Fsp3) is 0.538. The predicted molar refractivity (Wildman–Crippen MR) is 116 cm³/mol. The van der Waals surface area contributed by atoms with Gasteiger partial charge in [-0.3, -0.25) is 0 Å². The number of hydrogen-bond donors (Lipinski definition) is 0. The number of hydrogen-bond acceptors (Lipinski definition) is 0. The smallest absolute Gasteiger partial charge is 0.0109 e. The third kappa shape index (κ3) is 8.09. The molecule has 0 atom stereocenters. The number of allylic oxidation sites excluding steroid dienone is 3. The molecule has 1 aliphatic carbocycles. The highest BCUT2D eigenvalue weighted by atomic mass is 14.2. The van der Waals surface area contributed by atoms with Crippen LogP contribution in [0.3, 0.4) is 0 Å². The van der Waals surface area contributed by atoms with Crippen LogP contribution < -0.4 is 0 Å². The van der Waals surface area contributed by atoms with Crippen molar-refractivity contribution in [2.75, 3.05) is 0 Å². The van der Waals surface area contributed by atoms with Crippen LogP contribution in [0, 0.1) is 23.7 Å². The summed E-state index contributed by atoms with van der Waals surface area (Å²) in [7, 11) is 0. The van der Waals surface area contributed by atoms with Crippen molar-refractivity contribution in [3.05, 3.63) is 53.6 Å². The minimum Gasteiger partial charge on any atom is -0.0730 e. The number of aryl methyl sites for hydroxylation is 1. The molecule has 2 rings (SSSR count). The quantitative estimate of drug-likeness (QED) is 0.335. The van der Waals surface area contributed by atoms with E-state index in [0.29, 0.717) is 0 Å². The van der Waals surface area contributed by atoms with Crippen LogP contribution in [0.5, 0.6) is 0 Å². The van der Waals surface area contributed by atoms with Gasteiger partial charge in [0.25, 0.3) is 0 Å². The van der Waals surface area contributed by atoms with E-state index in [4.69, 9.17) is 0 Å². The van der Waals surface area contributed by atoms with Gasteiger partial charge in [-0.15, -0.1) is 0 Å². The fourth-order valence-corrected chi connectivity index (χ4v) is 3.87. The largest absolute Gasteiger partial charge is 0.0730 e. The van der Waals surface area contributed by atoms with E-state index in [0.717, 1.165) is 11.8 Å². The Labute approximate surface area is 161 Å². The van der Waals surface area contributed by atoms with Crippen LogP contribution in [-0.4, -0.2) is 0 Å². The maximum atomic E-state index is 3.17. The van der Waals surface area contributed by atoms with Gasteiger partial charge in [-0.05, 0) is 79.7 Å². The van der Waals surface area contributed by atoms with Crippen molar-refractivity contribution in [3.8, 4) is 11.8 Å². The Morgan fingerprint density at radius 3 is 2.31 bits per heavy atom. The molecule has 140 valence electrons. The van der Waals surface area contributed by atoms with Gasteiger partial charge in [0.15, 0.2) is 0 Å². The average Bonchev–Trinajstić information content (AvgIpc) is 2.67. The lowest BCUT2D eigenvalue weighted by atomic mass is 9.80. The molecule has 0 amide bonds. The normalized spacial score (nSPS) is 20.4. The van der Waals surface area contributed by atoms with Crippen LogP contribution in [0.1, 0.15) is 82.8 Å². The molecule has 0 aromatic heterocycles. The first-order valence-electron chi connectivity index (χ1n) is 10.7. The molecule has 0 heterocycles. The van der Waals surface area contributed by atoms with Crippen LogP contribution in [-0.2, 0) is 6.42 Å². The number of unbranched alkanes of at least 4 members (excludes halogenated alkanes) is 2. The molecule has 1 aromatic carbocycles. The van der Waals surface area contributed by atoms with Gasteiger partial charge in [-0.2, -0.15) is 0 Å². The zero-order valence-electron chi connectivity index (χ0n) is 16.8. The van der Waals surface area contributed by atoms with Crippen molar-refractivity contribution in [1.82, 2.24) is 0 Å². The van der Waals surface area contributed by atoms with E-state index in [9.17, 15) is 0 Å². The molecular weight excluding hydrogens is 312 g/mol. The second kappa shape index (κ2) is 12.6. The van der Waals surface area contributed by atoms with Crippen molar-refractivity contribution in [1.29, 1.82) is 0 Å². The highest BCUT2D eigenvalue weighted by Crippen LogP contribution is 2.31. The van der Waals surface area contributed by atoms with Gasteiger partial charge < -0.3 is 0 Å². The number of rotatable bonds is 8. The highest BCUT2D eigenvalue weighted by Gasteiger charge is 2.18. The van der Waals surface area contributed by atoms with Crippen molar-refractivity contribution >= 4 is 6.08 Å². The van der Waals surface area contributed by atoms with E-state index in [2.05, 4.69) is 68.2 Å². The predicted octanol–water partition coefficient (Wildman–Crippen LogP) is 7.60. The van der Waals surface area contributed by atoms with Crippen LogP contribution in [0.15, 0.2) is 42.5 Å². The molecule has 1 saturated carbocycles. The molecule has 0 N–H and O–H groups in total. The van der Waals surface area contributed by atoms with Gasteiger partial charge in [-0.1, -0.05) is 81.7 Å².